The van der Waals surface area contributed by atoms with E-state index in [2.05, 4.69) is 47.1 Å². The number of rotatable bonds is 7. The lowest BCUT2D eigenvalue weighted by atomic mass is 10.1. The fourth-order valence-electron chi connectivity index (χ4n) is 3.47. The van der Waals surface area contributed by atoms with Gasteiger partial charge in [-0.1, -0.05) is 37.3 Å². The predicted octanol–water partition coefficient (Wildman–Crippen LogP) is 2.74. The molecule has 1 fully saturated rings. The summed E-state index contributed by atoms with van der Waals surface area (Å²) in [6.07, 6.45) is 1.10. The second-order valence-electron chi connectivity index (χ2n) is 7.51. The van der Waals surface area contributed by atoms with E-state index in [4.69, 9.17) is 29.3 Å². The van der Waals surface area contributed by atoms with Crippen LogP contribution in [0.1, 0.15) is 23.6 Å². The number of ether oxygens (including phenoxy) is 2. The van der Waals surface area contributed by atoms with Crippen molar-refractivity contribution < 1.29 is 29.3 Å². The third-order valence-corrected chi connectivity index (χ3v) is 5.37. The lowest BCUT2D eigenvalue weighted by molar-refractivity contribution is -0.159. The lowest BCUT2D eigenvalue weighted by Gasteiger charge is -2.35. The van der Waals surface area contributed by atoms with Crippen LogP contribution in [0.3, 0.4) is 0 Å². The Balaban J connectivity index is 0.000000534. The molecule has 0 aliphatic carbocycles. The van der Waals surface area contributed by atoms with Gasteiger partial charge >= 0.3 is 11.9 Å². The SMILES string of the molecule is CCc1ccc(CN2CCN(Cc3ccc(OC)cc3OC)CC2)cc1.O=C(O)C(=O)O. The molecule has 1 saturated heterocycles. The predicted molar refractivity (Wildman–Crippen MR) is 121 cm³/mol. The van der Waals surface area contributed by atoms with Gasteiger partial charge in [0.25, 0.3) is 0 Å². The zero-order valence-corrected chi connectivity index (χ0v) is 18.9. The Hall–Kier alpha value is -3.10. The molecule has 2 aromatic carbocycles. The lowest BCUT2D eigenvalue weighted by Crippen LogP contribution is -2.45. The number of piperazine rings is 1. The van der Waals surface area contributed by atoms with Gasteiger partial charge in [0.2, 0.25) is 0 Å². The number of aryl methyl sites for hydroxylation is 1. The fourth-order valence-corrected chi connectivity index (χ4v) is 3.47. The van der Waals surface area contributed by atoms with E-state index in [0.717, 1.165) is 57.2 Å². The molecule has 8 nitrogen and oxygen atoms in total. The first-order valence-electron chi connectivity index (χ1n) is 10.6. The van der Waals surface area contributed by atoms with E-state index in [0.29, 0.717) is 0 Å². The molecule has 2 N–H and O–H groups in total. The second-order valence-corrected chi connectivity index (χ2v) is 7.51. The van der Waals surface area contributed by atoms with Crippen LogP contribution in [-0.2, 0) is 29.1 Å². The Morgan fingerprint density at radius 2 is 1.34 bits per heavy atom. The highest BCUT2D eigenvalue weighted by atomic mass is 16.5. The Labute approximate surface area is 189 Å². The van der Waals surface area contributed by atoms with E-state index in [1.807, 2.05) is 12.1 Å². The minimum atomic E-state index is -1.82. The molecule has 0 aromatic heterocycles. The highest BCUT2D eigenvalue weighted by molar-refractivity contribution is 6.27. The van der Waals surface area contributed by atoms with E-state index in [9.17, 15) is 0 Å². The first kappa shape index (κ1) is 25.2. The summed E-state index contributed by atoms with van der Waals surface area (Å²) in [6, 6.07) is 15.1. The largest absolute Gasteiger partial charge is 0.497 e. The van der Waals surface area contributed by atoms with E-state index >= 15 is 0 Å². The van der Waals surface area contributed by atoms with Crippen LogP contribution in [0.25, 0.3) is 0 Å². The average molecular weight is 445 g/mol. The van der Waals surface area contributed by atoms with Crippen molar-refractivity contribution >= 4 is 11.9 Å². The van der Waals surface area contributed by atoms with Crippen molar-refractivity contribution in [3.63, 3.8) is 0 Å². The number of benzene rings is 2. The van der Waals surface area contributed by atoms with Gasteiger partial charge in [-0.3, -0.25) is 9.80 Å². The van der Waals surface area contributed by atoms with Crippen LogP contribution in [0.2, 0.25) is 0 Å². The molecule has 0 saturated carbocycles. The van der Waals surface area contributed by atoms with Crippen molar-refractivity contribution in [3.8, 4) is 11.5 Å². The van der Waals surface area contributed by atoms with Crippen LogP contribution >= 0.6 is 0 Å². The molecule has 2 aromatic rings. The molecule has 0 bridgehead atoms. The molecule has 0 amide bonds. The van der Waals surface area contributed by atoms with E-state index in [1.165, 1.54) is 16.7 Å². The topological polar surface area (TPSA) is 99.5 Å². The van der Waals surface area contributed by atoms with Crippen molar-refractivity contribution in [3.05, 3.63) is 59.2 Å². The Bertz CT molecular complexity index is 865. The molecule has 0 radical (unpaired) electrons. The van der Waals surface area contributed by atoms with Gasteiger partial charge in [0.05, 0.1) is 14.2 Å². The number of hydrogen-bond acceptors (Lipinski definition) is 6. The van der Waals surface area contributed by atoms with Crippen LogP contribution in [0.4, 0.5) is 0 Å². The minimum Gasteiger partial charge on any atom is -0.497 e. The van der Waals surface area contributed by atoms with Crippen LogP contribution in [0, 0.1) is 0 Å². The standard InChI is InChI=1S/C22H30N2O2.C2H2O4/c1-4-18-5-7-19(8-6-18)16-23-11-13-24(14-12-23)17-20-9-10-21(25-2)15-22(20)26-3;3-1(4)2(5)6/h5-10,15H,4,11-14,16-17H2,1-3H3;(H,3,4)(H,5,6). The van der Waals surface area contributed by atoms with Crippen LogP contribution in [-0.4, -0.2) is 72.4 Å². The number of nitrogens with zero attached hydrogens (tertiary/aromatic N) is 2. The summed E-state index contributed by atoms with van der Waals surface area (Å²) in [7, 11) is 3.41. The highest BCUT2D eigenvalue weighted by Gasteiger charge is 2.18. The molecule has 174 valence electrons. The van der Waals surface area contributed by atoms with Crippen molar-refractivity contribution in [2.75, 3.05) is 40.4 Å². The molecule has 0 atom stereocenters. The van der Waals surface area contributed by atoms with Gasteiger partial charge in [-0.25, -0.2) is 9.59 Å². The van der Waals surface area contributed by atoms with Crippen molar-refractivity contribution in [2.45, 2.75) is 26.4 Å². The molecule has 3 rings (SSSR count). The molecule has 0 spiro atoms. The number of methoxy groups -OCH3 is 2. The average Bonchev–Trinajstić information content (AvgIpc) is 2.81. The van der Waals surface area contributed by atoms with E-state index < -0.39 is 11.9 Å². The number of carboxylic acid groups (broad SMARTS) is 2. The zero-order valence-electron chi connectivity index (χ0n) is 18.9. The van der Waals surface area contributed by atoms with Gasteiger partial charge in [-0.15, -0.1) is 0 Å². The van der Waals surface area contributed by atoms with Gasteiger partial charge in [-0.05, 0) is 23.6 Å². The first-order valence-corrected chi connectivity index (χ1v) is 10.6. The quantitative estimate of drug-likeness (QED) is 0.629. The number of carboxylic acids is 2. The van der Waals surface area contributed by atoms with Crippen molar-refractivity contribution in [1.82, 2.24) is 9.80 Å². The monoisotopic (exact) mass is 444 g/mol. The summed E-state index contributed by atoms with van der Waals surface area (Å²) in [5, 5.41) is 14.8. The number of hydrogen-bond donors (Lipinski definition) is 2. The van der Waals surface area contributed by atoms with E-state index in [-0.39, 0.29) is 0 Å². The van der Waals surface area contributed by atoms with Crippen molar-refractivity contribution in [2.24, 2.45) is 0 Å². The first-order chi connectivity index (χ1) is 15.4. The Morgan fingerprint density at radius 1 is 0.812 bits per heavy atom. The van der Waals surface area contributed by atoms with Crippen molar-refractivity contribution in [1.29, 1.82) is 0 Å². The third-order valence-electron chi connectivity index (χ3n) is 5.37. The van der Waals surface area contributed by atoms with Gasteiger partial charge in [0.15, 0.2) is 0 Å². The van der Waals surface area contributed by atoms with Crippen LogP contribution in [0.5, 0.6) is 11.5 Å². The zero-order chi connectivity index (χ0) is 23.5. The highest BCUT2D eigenvalue weighted by Crippen LogP contribution is 2.26. The third kappa shape index (κ3) is 7.86. The smallest absolute Gasteiger partial charge is 0.414 e. The minimum absolute atomic E-state index is 0.838. The van der Waals surface area contributed by atoms with Gasteiger partial charge in [0, 0.05) is 50.9 Å². The molecular formula is C24H32N2O6. The van der Waals surface area contributed by atoms with Gasteiger partial charge < -0.3 is 19.7 Å². The molecule has 1 heterocycles. The van der Waals surface area contributed by atoms with Crippen LogP contribution < -0.4 is 9.47 Å². The molecule has 8 heteroatoms. The molecule has 1 aliphatic rings. The normalized spacial score (nSPS) is 14.2. The number of aliphatic carboxylic acids is 2. The summed E-state index contributed by atoms with van der Waals surface area (Å²) < 4.78 is 10.8. The molecule has 1 aliphatic heterocycles. The maximum Gasteiger partial charge on any atom is 0.414 e. The summed E-state index contributed by atoms with van der Waals surface area (Å²) in [6.45, 7) is 8.55. The number of carbonyl (C=O) groups is 2. The van der Waals surface area contributed by atoms with Gasteiger partial charge in [-0.2, -0.15) is 0 Å². The summed E-state index contributed by atoms with van der Waals surface area (Å²) in [5.74, 6) is -1.91. The molecule has 0 unspecified atom stereocenters. The summed E-state index contributed by atoms with van der Waals surface area (Å²) >= 11 is 0. The fraction of sp³-hybridized carbons (Fsp3) is 0.417. The maximum atomic E-state index is 9.10. The second kappa shape index (κ2) is 12.7. The van der Waals surface area contributed by atoms with E-state index in [1.54, 1.807) is 14.2 Å². The summed E-state index contributed by atoms with van der Waals surface area (Å²) in [5.41, 5.74) is 4.04. The van der Waals surface area contributed by atoms with Crippen LogP contribution in [0.15, 0.2) is 42.5 Å². The van der Waals surface area contributed by atoms with Gasteiger partial charge in [0.1, 0.15) is 11.5 Å². The maximum absolute atomic E-state index is 9.10. The Morgan fingerprint density at radius 3 is 1.81 bits per heavy atom. The summed E-state index contributed by atoms with van der Waals surface area (Å²) in [4.78, 5) is 23.2. The Kier molecular flexibility index (Phi) is 9.97. The molecule has 32 heavy (non-hydrogen) atoms. The molecular weight excluding hydrogens is 412 g/mol.